The number of aromatic nitrogens is 4. The van der Waals surface area contributed by atoms with Crippen LogP contribution >= 0.6 is 0 Å². The number of morpholine rings is 1. The van der Waals surface area contributed by atoms with Gasteiger partial charge in [0.1, 0.15) is 0 Å². The molecule has 1 unspecified atom stereocenters. The number of carbonyl (C=O) groups is 1. The second-order valence-corrected chi connectivity index (χ2v) is 6.71. The van der Waals surface area contributed by atoms with Gasteiger partial charge >= 0.3 is 0 Å². The molecule has 144 valence electrons. The highest BCUT2D eigenvalue weighted by molar-refractivity contribution is 5.96. The summed E-state index contributed by atoms with van der Waals surface area (Å²) in [6, 6.07) is 9.66. The number of aryl methyl sites for hydroxylation is 1. The van der Waals surface area contributed by atoms with E-state index in [0.29, 0.717) is 19.8 Å². The lowest BCUT2D eigenvalue weighted by Gasteiger charge is -2.35. The van der Waals surface area contributed by atoms with Gasteiger partial charge in [-0.25, -0.2) is 14.6 Å². The Bertz CT molecular complexity index is 1000. The lowest BCUT2D eigenvalue weighted by atomic mass is 10.0. The monoisotopic (exact) mass is 378 g/mol. The predicted octanol–water partition coefficient (Wildman–Crippen LogP) is 2.08. The quantitative estimate of drug-likeness (QED) is 0.749. The molecule has 1 aromatic carbocycles. The molecule has 1 aliphatic heterocycles. The van der Waals surface area contributed by atoms with Crippen LogP contribution in [0.5, 0.6) is 0 Å². The summed E-state index contributed by atoms with van der Waals surface area (Å²) in [5.74, 6) is -0.115. The van der Waals surface area contributed by atoms with Gasteiger partial charge in [0, 0.05) is 30.2 Å². The number of nitrogen functional groups attached to an aromatic ring is 1. The molecule has 1 fully saturated rings. The number of rotatable bonds is 3. The Morgan fingerprint density at radius 3 is 2.68 bits per heavy atom. The van der Waals surface area contributed by atoms with Crippen LogP contribution in [0.2, 0.25) is 0 Å². The molecule has 1 aliphatic rings. The first-order valence-corrected chi connectivity index (χ1v) is 9.14. The van der Waals surface area contributed by atoms with E-state index in [2.05, 4.69) is 9.97 Å². The number of nitrogens with two attached hydrogens (primary N) is 1. The van der Waals surface area contributed by atoms with Gasteiger partial charge in [-0.2, -0.15) is 5.10 Å². The molecule has 1 saturated heterocycles. The Hall–Kier alpha value is -3.26. The van der Waals surface area contributed by atoms with Crippen molar-refractivity contribution in [3.63, 3.8) is 0 Å². The van der Waals surface area contributed by atoms with Crippen molar-refractivity contribution in [3.8, 4) is 5.69 Å². The first-order valence-electron chi connectivity index (χ1n) is 9.14. The number of para-hydroxylation sites is 1. The van der Waals surface area contributed by atoms with Gasteiger partial charge in [-0.05, 0) is 26.0 Å². The maximum absolute atomic E-state index is 13.2. The van der Waals surface area contributed by atoms with Crippen molar-refractivity contribution in [1.82, 2.24) is 24.6 Å². The summed E-state index contributed by atoms with van der Waals surface area (Å²) in [6.45, 7) is 5.28. The highest BCUT2D eigenvalue weighted by Crippen LogP contribution is 2.32. The minimum atomic E-state index is -0.264. The third-order valence-corrected chi connectivity index (χ3v) is 5.00. The summed E-state index contributed by atoms with van der Waals surface area (Å²) >= 11 is 0. The summed E-state index contributed by atoms with van der Waals surface area (Å²) in [6.07, 6.45) is 2.95. The molecule has 0 bridgehead atoms. The summed E-state index contributed by atoms with van der Waals surface area (Å²) < 4.78 is 7.61. The van der Waals surface area contributed by atoms with E-state index in [1.54, 1.807) is 4.90 Å². The Balaban J connectivity index is 1.74. The lowest BCUT2D eigenvalue weighted by molar-refractivity contribution is -0.00330. The van der Waals surface area contributed by atoms with Gasteiger partial charge in [0.25, 0.3) is 5.91 Å². The Morgan fingerprint density at radius 2 is 1.93 bits per heavy atom. The highest BCUT2D eigenvalue weighted by atomic mass is 16.5. The van der Waals surface area contributed by atoms with E-state index in [1.165, 1.54) is 12.4 Å². The molecule has 0 spiro atoms. The van der Waals surface area contributed by atoms with Crippen LogP contribution in [-0.4, -0.2) is 50.3 Å². The zero-order valence-electron chi connectivity index (χ0n) is 15.9. The highest BCUT2D eigenvalue weighted by Gasteiger charge is 2.34. The molecule has 4 rings (SSSR count). The van der Waals surface area contributed by atoms with E-state index < -0.39 is 0 Å². The number of anilines is 1. The van der Waals surface area contributed by atoms with Gasteiger partial charge in [-0.15, -0.1) is 0 Å². The van der Waals surface area contributed by atoms with Gasteiger partial charge < -0.3 is 15.4 Å². The number of ether oxygens (including phenoxy) is 1. The normalized spacial score (nSPS) is 16.9. The first-order chi connectivity index (χ1) is 13.6. The number of nitrogens with zero attached hydrogens (tertiary/aromatic N) is 5. The maximum atomic E-state index is 13.2. The van der Waals surface area contributed by atoms with Crippen LogP contribution in [0.15, 0.2) is 42.7 Å². The second kappa shape index (κ2) is 7.40. The SMILES string of the molecule is Cc1nn(-c2ccccc2)c(C)c1C1COCCN1C(=O)c1nccnc1N. The van der Waals surface area contributed by atoms with E-state index in [-0.39, 0.29) is 23.5 Å². The van der Waals surface area contributed by atoms with E-state index >= 15 is 0 Å². The minimum absolute atomic E-state index is 0.131. The first kappa shape index (κ1) is 18.1. The van der Waals surface area contributed by atoms with Crippen molar-refractivity contribution in [1.29, 1.82) is 0 Å². The predicted molar refractivity (Wildman–Crippen MR) is 104 cm³/mol. The van der Waals surface area contributed by atoms with Gasteiger partial charge in [0.2, 0.25) is 0 Å². The average molecular weight is 378 g/mol. The zero-order valence-corrected chi connectivity index (χ0v) is 15.9. The Labute approximate surface area is 163 Å². The molecule has 0 saturated carbocycles. The summed E-state index contributed by atoms with van der Waals surface area (Å²) in [5.41, 5.74) is 9.85. The standard InChI is InChI=1S/C20H22N6O2/c1-13-17(14(2)26(24-13)15-6-4-3-5-7-15)16-12-28-11-10-25(16)20(27)18-19(21)23-9-8-22-18/h3-9,16H,10-12H2,1-2H3,(H2,21,23). The zero-order chi connectivity index (χ0) is 19.7. The average Bonchev–Trinajstić information content (AvgIpc) is 3.02. The van der Waals surface area contributed by atoms with Crippen LogP contribution in [0.4, 0.5) is 5.82 Å². The molecular formula is C20H22N6O2. The van der Waals surface area contributed by atoms with E-state index in [9.17, 15) is 4.79 Å². The van der Waals surface area contributed by atoms with Crippen molar-refractivity contribution >= 4 is 11.7 Å². The number of carbonyl (C=O) groups excluding carboxylic acids is 1. The van der Waals surface area contributed by atoms with Crippen molar-refractivity contribution in [2.75, 3.05) is 25.5 Å². The van der Waals surface area contributed by atoms with E-state index in [4.69, 9.17) is 15.6 Å². The smallest absolute Gasteiger partial charge is 0.276 e. The molecule has 0 radical (unpaired) electrons. The number of hydrogen-bond donors (Lipinski definition) is 1. The number of hydrogen-bond acceptors (Lipinski definition) is 6. The lowest BCUT2D eigenvalue weighted by Crippen LogP contribution is -2.44. The Morgan fingerprint density at radius 1 is 1.18 bits per heavy atom. The molecule has 2 N–H and O–H groups in total. The summed E-state index contributed by atoms with van der Waals surface area (Å²) in [5, 5.41) is 4.71. The third-order valence-electron chi connectivity index (χ3n) is 5.00. The van der Waals surface area contributed by atoms with Crippen LogP contribution in [-0.2, 0) is 4.74 Å². The molecule has 2 aromatic heterocycles. The summed E-state index contributed by atoms with van der Waals surface area (Å²) in [7, 11) is 0. The molecule has 28 heavy (non-hydrogen) atoms. The van der Waals surface area contributed by atoms with Crippen molar-refractivity contribution in [2.45, 2.75) is 19.9 Å². The maximum Gasteiger partial charge on any atom is 0.276 e. The molecular weight excluding hydrogens is 356 g/mol. The van der Waals surface area contributed by atoms with Crippen LogP contribution in [0.25, 0.3) is 5.69 Å². The number of benzene rings is 1. The fraction of sp³-hybridized carbons (Fsp3) is 0.300. The van der Waals surface area contributed by atoms with Crippen molar-refractivity contribution < 1.29 is 9.53 Å². The molecule has 3 heterocycles. The topological polar surface area (TPSA) is 99.2 Å². The largest absolute Gasteiger partial charge is 0.382 e. The Kier molecular flexibility index (Phi) is 4.79. The van der Waals surface area contributed by atoms with E-state index in [0.717, 1.165) is 22.6 Å². The fourth-order valence-electron chi connectivity index (χ4n) is 3.69. The van der Waals surface area contributed by atoms with E-state index in [1.807, 2.05) is 48.9 Å². The van der Waals surface area contributed by atoms with Gasteiger partial charge in [-0.1, -0.05) is 18.2 Å². The second-order valence-electron chi connectivity index (χ2n) is 6.71. The number of amides is 1. The third kappa shape index (κ3) is 3.11. The van der Waals surface area contributed by atoms with Crippen LogP contribution in [0.3, 0.4) is 0 Å². The molecule has 8 nitrogen and oxygen atoms in total. The fourth-order valence-corrected chi connectivity index (χ4v) is 3.69. The molecule has 3 aromatic rings. The van der Waals surface area contributed by atoms with Crippen LogP contribution < -0.4 is 5.73 Å². The molecule has 8 heteroatoms. The van der Waals surface area contributed by atoms with Gasteiger partial charge in [0.15, 0.2) is 11.5 Å². The van der Waals surface area contributed by atoms with Gasteiger partial charge in [0.05, 0.1) is 30.6 Å². The van der Waals surface area contributed by atoms with Crippen molar-refractivity contribution in [2.24, 2.45) is 0 Å². The summed E-state index contributed by atoms with van der Waals surface area (Å²) in [4.78, 5) is 23.1. The molecule has 1 amide bonds. The van der Waals surface area contributed by atoms with Crippen molar-refractivity contribution in [3.05, 3.63) is 65.4 Å². The van der Waals surface area contributed by atoms with Gasteiger partial charge in [-0.3, -0.25) is 4.79 Å². The molecule has 0 aliphatic carbocycles. The van der Waals surface area contributed by atoms with Crippen LogP contribution in [0, 0.1) is 13.8 Å². The molecule has 1 atom stereocenters. The van der Waals surface area contributed by atoms with Crippen LogP contribution in [0.1, 0.15) is 33.5 Å². The minimum Gasteiger partial charge on any atom is -0.382 e.